The second-order valence-electron chi connectivity index (χ2n) is 6.40. The molecule has 1 N–H and O–H groups in total. The number of aromatic amines is 1. The average Bonchev–Trinajstić information content (AvgIpc) is 3.09. The van der Waals surface area contributed by atoms with E-state index in [1.165, 1.54) is 0 Å². The minimum Gasteiger partial charge on any atom is -0.494 e. The molecule has 2 aromatic rings. The van der Waals surface area contributed by atoms with E-state index in [-0.39, 0.29) is 25.7 Å². The summed E-state index contributed by atoms with van der Waals surface area (Å²) >= 11 is 0. The molecule has 0 spiro atoms. The monoisotopic (exact) mass is 365 g/mol. The third-order valence-electron chi connectivity index (χ3n) is 4.61. The Morgan fingerprint density at radius 2 is 2.16 bits per heavy atom. The topological polar surface area (TPSA) is 58.2 Å². The summed E-state index contributed by atoms with van der Waals surface area (Å²) in [6.07, 6.45) is 6.22. The van der Waals surface area contributed by atoms with E-state index in [1.54, 1.807) is 6.33 Å². The predicted molar refractivity (Wildman–Crippen MR) is 102 cm³/mol. The molecule has 1 aliphatic rings. The van der Waals surface area contributed by atoms with Gasteiger partial charge in [0.2, 0.25) is 5.91 Å². The molecular weight excluding hydrogens is 338 g/mol. The van der Waals surface area contributed by atoms with Crippen molar-refractivity contribution in [3.05, 3.63) is 48.0 Å². The summed E-state index contributed by atoms with van der Waals surface area (Å²) < 4.78 is 5.68. The van der Waals surface area contributed by atoms with Crippen LogP contribution in [-0.2, 0) is 17.6 Å². The summed E-state index contributed by atoms with van der Waals surface area (Å²) in [5, 5.41) is 0. The highest BCUT2D eigenvalue weighted by Gasteiger charge is 2.27. The highest BCUT2D eigenvalue weighted by atomic mass is 35.5. The smallest absolute Gasteiger partial charge is 0.225 e. The third kappa shape index (κ3) is 5.23. The van der Waals surface area contributed by atoms with Crippen molar-refractivity contribution >= 4 is 18.3 Å². The largest absolute Gasteiger partial charge is 0.494 e. The molecular formula is C19H28ClN3O2. The fourth-order valence-electron chi connectivity index (χ4n) is 3.19. The molecule has 6 heteroatoms. The molecule has 138 valence electrons. The van der Waals surface area contributed by atoms with Crippen molar-refractivity contribution in [3.8, 4) is 5.75 Å². The second-order valence-corrected chi connectivity index (χ2v) is 6.40. The molecule has 3 rings (SSSR count). The second kappa shape index (κ2) is 9.47. The highest BCUT2D eigenvalue weighted by Crippen LogP contribution is 2.24. The number of carbonyl (C=O) groups is 1. The Labute approximate surface area is 156 Å². The van der Waals surface area contributed by atoms with Gasteiger partial charge in [-0.1, -0.05) is 18.2 Å². The maximum atomic E-state index is 12.6. The van der Waals surface area contributed by atoms with E-state index in [0.717, 1.165) is 55.8 Å². The lowest BCUT2D eigenvalue weighted by Crippen LogP contribution is -2.36. The van der Waals surface area contributed by atoms with Crippen LogP contribution in [0.15, 0.2) is 36.7 Å². The van der Waals surface area contributed by atoms with E-state index in [4.69, 9.17) is 4.74 Å². The zero-order chi connectivity index (χ0) is 16.8. The van der Waals surface area contributed by atoms with Crippen LogP contribution in [0.1, 0.15) is 32.1 Å². The first-order valence-corrected chi connectivity index (χ1v) is 8.68. The van der Waals surface area contributed by atoms with Crippen molar-refractivity contribution in [1.82, 2.24) is 14.9 Å². The van der Waals surface area contributed by atoms with E-state index in [9.17, 15) is 4.79 Å². The van der Waals surface area contributed by atoms with Gasteiger partial charge in [0, 0.05) is 33.1 Å². The number of para-hydroxylation sites is 1. The number of halogens is 1. The van der Waals surface area contributed by atoms with Gasteiger partial charge in [0.05, 0.1) is 18.6 Å². The number of fused-ring (bicyclic) bond motifs is 1. The van der Waals surface area contributed by atoms with Gasteiger partial charge in [-0.25, -0.2) is 4.98 Å². The van der Waals surface area contributed by atoms with Crippen LogP contribution in [0.3, 0.4) is 0 Å². The first-order chi connectivity index (χ1) is 11.7. The van der Waals surface area contributed by atoms with Crippen LogP contribution in [0, 0.1) is 5.92 Å². The van der Waals surface area contributed by atoms with Crippen LogP contribution in [0.2, 0.25) is 0 Å². The number of amides is 1. The molecule has 0 radical (unpaired) electrons. The number of unbranched alkanes of at least 4 members (excludes halogenated alkanes) is 1. The van der Waals surface area contributed by atoms with Gasteiger partial charge >= 0.3 is 0 Å². The van der Waals surface area contributed by atoms with E-state index < -0.39 is 0 Å². The molecule has 0 saturated carbocycles. The van der Waals surface area contributed by atoms with Gasteiger partial charge in [0.1, 0.15) is 5.75 Å². The van der Waals surface area contributed by atoms with Crippen molar-refractivity contribution in [2.45, 2.75) is 32.1 Å². The zero-order valence-electron chi connectivity index (χ0n) is 14.6. The van der Waals surface area contributed by atoms with Gasteiger partial charge in [-0.3, -0.25) is 4.79 Å². The lowest BCUT2D eigenvalue weighted by atomic mass is 9.89. The maximum absolute atomic E-state index is 12.6. The molecule has 1 heterocycles. The number of imidazole rings is 1. The standard InChI is InChI=1S/C19H25N3O2.ClH.H2/c1-22(11-5-6-12-24-16-7-3-2-4-8-16)19(23)15-9-10-17-18(13-15)21-14-20-17;;/h2-4,7-8,14-15H,5-6,9-13H2,1H3,(H,20,21);2*1H. The fourth-order valence-corrected chi connectivity index (χ4v) is 3.19. The van der Waals surface area contributed by atoms with Crippen LogP contribution >= 0.6 is 12.4 Å². The Morgan fingerprint density at radius 1 is 1.36 bits per heavy atom. The molecule has 25 heavy (non-hydrogen) atoms. The lowest BCUT2D eigenvalue weighted by Gasteiger charge is -2.26. The molecule has 1 unspecified atom stereocenters. The Morgan fingerprint density at radius 3 is 2.96 bits per heavy atom. The van der Waals surface area contributed by atoms with Crippen LogP contribution in [-0.4, -0.2) is 41.0 Å². The van der Waals surface area contributed by atoms with Gasteiger partial charge < -0.3 is 14.6 Å². The van der Waals surface area contributed by atoms with Gasteiger partial charge in [-0.15, -0.1) is 12.4 Å². The lowest BCUT2D eigenvalue weighted by molar-refractivity contribution is -0.134. The molecule has 0 fully saturated rings. The number of carbonyl (C=O) groups excluding carboxylic acids is 1. The van der Waals surface area contributed by atoms with Crippen molar-refractivity contribution < 1.29 is 11.0 Å². The number of aromatic nitrogens is 2. The number of benzene rings is 1. The summed E-state index contributed by atoms with van der Waals surface area (Å²) in [7, 11) is 1.91. The number of hydrogen-bond donors (Lipinski definition) is 1. The van der Waals surface area contributed by atoms with Crippen LogP contribution in [0.5, 0.6) is 5.75 Å². The van der Waals surface area contributed by atoms with Gasteiger partial charge in [0.25, 0.3) is 0 Å². The molecule has 1 aromatic heterocycles. The van der Waals surface area contributed by atoms with E-state index in [1.807, 2.05) is 42.3 Å². The Kier molecular flexibility index (Phi) is 7.31. The molecule has 0 saturated heterocycles. The average molecular weight is 366 g/mol. The number of rotatable bonds is 7. The number of H-pyrrole nitrogens is 1. The van der Waals surface area contributed by atoms with E-state index >= 15 is 0 Å². The minimum absolute atomic E-state index is 0. The van der Waals surface area contributed by atoms with Gasteiger partial charge in [-0.2, -0.15) is 0 Å². The van der Waals surface area contributed by atoms with Gasteiger partial charge in [0.15, 0.2) is 0 Å². The number of ether oxygens (including phenoxy) is 1. The fraction of sp³-hybridized carbons (Fsp3) is 0.474. The highest BCUT2D eigenvalue weighted by molar-refractivity contribution is 5.85. The number of hydrogen-bond acceptors (Lipinski definition) is 3. The molecule has 5 nitrogen and oxygen atoms in total. The number of nitrogens with one attached hydrogen (secondary N) is 1. The van der Waals surface area contributed by atoms with Crippen molar-refractivity contribution in [3.63, 3.8) is 0 Å². The van der Waals surface area contributed by atoms with Crippen LogP contribution in [0.4, 0.5) is 0 Å². The Hall–Kier alpha value is -2.01. The van der Waals surface area contributed by atoms with Crippen molar-refractivity contribution in [1.29, 1.82) is 0 Å². The van der Waals surface area contributed by atoms with E-state index in [0.29, 0.717) is 6.61 Å². The minimum atomic E-state index is 0. The Balaban J connectivity index is 0.00000169. The van der Waals surface area contributed by atoms with Crippen molar-refractivity contribution in [2.75, 3.05) is 20.2 Å². The van der Waals surface area contributed by atoms with Gasteiger partial charge in [-0.05, 0) is 37.8 Å². The molecule has 0 bridgehead atoms. The summed E-state index contributed by atoms with van der Waals surface area (Å²) in [6, 6.07) is 9.84. The maximum Gasteiger partial charge on any atom is 0.225 e. The predicted octanol–water partition coefficient (Wildman–Crippen LogP) is 3.50. The first-order valence-electron chi connectivity index (χ1n) is 8.68. The number of aryl methyl sites for hydroxylation is 1. The molecule has 1 atom stereocenters. The zero-order valence-corrected chi connectivity index (χ0v) is 15.4. The summed E-state index contributed by atoms with van der Waals surface area (Å²) in [5.41, 5.74) is 2.25. The molecule has 0 aliphatic heterocycles. The number of nitrogens with zero attached hydrogens (tertiary/aromatic N) is 2. The van der Waals surface area contributed by atoms with E-state index in [2.05, 4.69) is 9.97 Å². The third-order valence-corrected chi connectivity index (χ3v) is 4.61. The van der Waals surface area contributed by atoms with Crippen LogP contribution in [0.25, 0.3) is 0 Å². The summed E-state index contributed by atoms with van der Waals surface area (Å²) in [5.74, 6) is 1.24. The molecule has 1 aliphatic carbocycles. The van der Waals surface area contributed by atoms with Crippen LogP contribution < -0.4 is 4.74 Å². The first kappa shape index (κ1) is 19.3. The Bertz CT molecular complexity index is 666. The summed E-state index contributed by atoms with van der Waals surface area (Å²) in [6.45, 7) is 1.47. The SMILES string of the molecule is CN(CCCCOc1ccccc1)C(=O)C1CCc2nc[nH]c2C1.Cl.[HH]. The normalized spacial score (nSPS) is 15.8. The molecule has 1 amide bonds. The summed E-state index contributed by atoms with van der Waals surface area (Å²) in [4.78, 5) is 21.9. The quantitative estimate of drug-likeness (QED) is 0.764. The molecule has 1 aromatic carbocycles. The van der Waals surface area contributed by atoms with Crippen molar-refractivity contribution in [2.24, 2.45) is 5.92 Å².